The molecule has 1 fully saturated rings. The maximum Gasteiger partial charge on any atom is 0.317 e. The zero-order valence-electron chi connectivity index (χ0n) is 17.9. The molecule has 1 aliphatic rings. The number of hydrogen-bond donors (Lipinski definition) is 2. The molecule has 2 aromatic heterocycles. The normalized spacial score (nSPS) is 18.2. The van der Waals surface area contributed by atoms with E-state index in [-0.39, 0.29) is 24.3 Å². The third-order valence-electron chi connectivity index (χ3n) is 5.20. The number of urea groups is 1. The Morgan fingerprint density at radius 2 is 2.29 bits per heavy atom. The summed E-state index contributed by atoms with van der Waals surface area (Å²) in [4.78, 5) is 35.0. The minimum Gasteiger partial charge on any atom is -0.385 e. The van der Waals surface area contributed by atoms with E-state index in [0.717, 1.165) is 24.8 Å². The molecule has 1 atom stereocenters. The van der Waals surface area contributed by atoms with Gasteiger partial charge in [-0.3, -0.25) is 9.78 Å². The summed E-state index contributed by atoms with van der Waals surface area (Å²) in [6, 6.07) is 3.54. The molecule has 10 nitrogen and oxygen atoms in total. The first-order chi connectivity index (χ1) is 15.2. The van der Waals surface area contributed by atoms with Gasteiger partial charge in [-0.2, -0.15) is 4.98 Å². The van der Waals surface area contributed by atoms with Gasteiger partial charge in [-0.05, 0) is 37.8 Å². The Bertz CT molecular complexity index is 828. The van der Waals surface area contributed by atoms with E-state index in [9.17, 15) is 9.59 Å². The van der Waals surface area contributed by atoms with Crippen LogP contribution in [0.25, 0.3) is 11.4 Å². The number of carbonyl (C=O) groups is 2. The molecule has 3 amide bonds. The lowest BCUT2D eigenvalue weighted by Crippen LogP contribution is -2.42. The summed E-state index contributed by atoms with van der Waals surface area (Å²) in [5.74, 6) is 0.976. The molecular formula is C21H30N6O4. The molecule has 31 heavy (non-hydrogen) atoms. The van der Waals surface area contributed by atoms with Gasteiger partial charge in [-0.1, -0.05) is 5.16 Å². The quantitative estimate of drug-likeness (QED) is 0.672. The number of amides is 3. The number of hydrogen-bond acceptors (Lipinski definition) is 7. The molecular weight excluding hydrogens is 400 g/mol. The van der Waals surface area contributed by atoms with Crippen molar-refractivity contribution in [1.82, 2.24) is 30.7 Å². The lowest BCUT2D eigenvalue weighted by molar-refractivity contribution is -0.121. The molecule has 0 radical (unpaired) electrons. The Hall–Kier alpha value is -3.01. The Morgan fingerprint density at radius 3 is 3.10 bits per heavy atom. The summed E-state index contributed by atoms with van der Waals surface area (Å²) in [5.41, 5.74) is 0.791. The van der Waals surface area contributed by atoms with Crippen LogP contribution in [0.1, 0.15) is 43.9 Å². The molecule has 1 aliphatic heterocycles. The van der Waals surface area contributed by atoms with Crippen LogP contribution < -0.4 is 10.6 Å². The molecule has 0 aliphatic carbocycles. The third-order valence-corrected chi connectivity index (χ3v) is 5.20. The first kappa shape index (κ1) is 22.7. The van der Waals surface area contributed by atoms with E-state index >= 15 is 0 Å². The minimum atomic E-state index is -0.156. The monoisotopic (exact) mass is 430 g/mol. The number of pyridine rings is 1. The van der Waals surface area contributed by atoms with E-state index in [1.807, 2.05) is 12.1 Å². The van der Waals surface area contributed by atoms with Gasteiger partial charge >= 0.3 is 6.03 Å². The molecule has 0 bridgehead atoms. The second-order valence-electron chi connectivity index (χ2n) is 7.49. The number of nitrogens with zero attached hydrogens (tertiary/aromatic N) is 4. The Morgan fingerprint density at radius 1 is 1.39 bits per heavy atom. The summed E-state index contributed by atoms with van der Waals surface area (Å²) in [5, 5.41) is 9.90. The average Bonchev–Trinajstić information content (AvgIpc) is 3.27. The SMILES string of the molecule is COCCCNC(=O)N1CCCC(c2nc(-c3cccnc3)no2)CCNC(=O)CC1. The summed E-state index contributed by atoms with van der Waals surface area (Å²) in [7, 11) is 1.63. The van der Waals surface area contributed by atoms with Gasteiger partial charge in [0.15, 0.2) is 0 Å². The zero-order valence-corrected chi connectivity index (χ0v) is 17.9. The fourth-order valence-electron chi connectivity index (χ4n) is 3.48. The van der Waals surface area contributed by atoms with Crippen LogP contribution in [0.5, 0.6) is 0 Å². The number of carbonyl (C=O) groups excluding carboxylic acids is 2. The van der Waals surface area contributed by atoms with Crippen molar-refractivity contribution in [3.63, 3.8) is 0 Å². The van der Waals surface area contributed by atoms with Gasteiger partial charge < -0.3 is 24.8 Å². The predicted octanol–water partition coefficient (Wildman–Crippen LogP) is 1.95. The van der Waals surface area contributed by atoms with Crippen LogP contribution in [0.3, 0.4) is 0 Å². The van der Waals surface area contributed by atoms with Crippen LogP contribution in [0.4, 0.5) is 4.79 Å². The highest BCUT2D eigenvalue weighted by molar-refractivity contribution is 5.78. The highest BCUT2D eigenvalue weighted by Crippen LogP contribution is 2.26. The van der Waals surface area contributed by atoms with Crippen molar-refractivity contribution in [1.29, 1.82) is 0 Å². The van der Waals surface area contributed by atoms with E-state index in [0.29, 0.717) is 50.9 Å². The topological polar surface area (TPSA) is 122 Å². The van der Waals surface area contributed by atoms with Gasteiger partial charge in [-0.15, -0.1) is 0 Å². The van der Waals surface area contributed by atoms with Crippen molar-refractivity contribution in [3.8, 4) is 11.4 Å². The van der Waals surface area contributed by atoms with E-state index in [2.05, 4.69) is 25.8 Å². The van der Waals surface area contributed by atoms with E-state index in [1.165, 1.54) is 0 Å². The molecule has 1 unspecified atom stereocenters. The Balaban J connectivity index is 1.62. The highest BCUT2D eigenvalue weighted by Gasteiger charge is 2.22. The van der Waals surface area contributed by atoms with Crippen molar-refractivity contribution < 1.29 is 18.8 Å². The van der Waals surface area contributed by atoms with E-state index in [4.69, 9.17) is 9.26 Å². The first-order valence-electron chi connectivity index (χ1n) is 10.7. The Labute approximate surface area is 181 Å². The third kappa shape index (κ3) is 7.02. The standard InChI is InChI=1S/C21H30N6O4/c1-30-14-4-10-24-21(29)27-12-3-6-16(7-11-23-18(28)8-13-27)20-25-19(26-31-20)17-5-2-9-22-15-17/h2,5,9,15-16H,3-4,6-8,10-14H2,1H3,(H,23,28)(H,24,29). The van der Waals surface area contributed by atoms with Crippen LogP contribution >= 0.6 is 0 Å². The molecule has 0 saturated carbocycles. The van der Waals surface area contributed by atoms with Gasteiger partial charge in [-0.25, -0.2) is 4.79 Å². The number of rotatable bonds is 6. The van der Waals surface area contributed by atoms with Gasteiger partial charge in [0, 0.05) is 70.2 Å². The molecule has 2 aromatic rings. The minimum absolute atomic E-state index is 0.00272. The van der Waals surface area contributed by atoms with Crippen molar-refractivity contribution in [3.05, 3.63) is 30.4 Å². The average molecular weight is 431 g/mol. The van der Waals surface area contributed by atoms with Crippen molar-refractivity contribution in [2.75, 3.05) is 39.9 Å². The van der Waals surface area contributed by atoms with Gasteiger partial charge in [0.25, 0.3) is 0 Å². The van der Waals surface area contributed by atoms with Crippen LogP contribution in [0.2, 0.25) is 0 Å². The number of aromatic nitrogens is 3. The summed E-state index contributed by atoms with van der Waals surface area (Å²) < 4.78 is 10.5. The summed E-state index contributed by atoms with van der Waals surface area (Å²) in [6.45, 7) is 2.60. The highest BCUT2D eigenvalue weighted by atomic mass is 16.5. The molecule has 10 heteroatoms. The zero-order chi connectivity index (χ0) is 21.9. The smallest absolute Gasteiger partial charge is 0.317 e. The van der Waals surface area contributed by atoms with Crippen LogP contribution in [-0.2, 0) is 9.53 Å². The fourth-order valence-corrected chi connectivity index (χ4v) is 3.48. The molecule has 3 rings (SSSR count). The van der Waals surface area contributed by atoms with Gasteiger partial charge in [0.05, 0.1) is 0 Å². The van der Waals surface area contributed by atoms with Crippen LogP contribution in [-0.4, -0.2) is 71.9 Å². The maximum atomic E-state index is 12.5. The molecule has 1 saturated heterocycles. The van der Waals surface area contributed by atoms with Gasteiger partial charge in [0.2, 0.25) is 17.6 Å². The van der Waals surface area contributed by atoms with E-state index < -0.39 is 0 Å². The molecule has 0 spiro atoms. The number of ether oxygens (including phenoxy) is 1. The van der Waals surface area contributed by atoms with Crippen LogP contribution in [0, 0.1) is 0 Å². The van der Waals surface area contributed by atoms with Crippen molar-refractivity contribution >= 4 is 11.9 Å². The lowest BCUT2D eigenvalue weighted by Gasteiger charge is -2.23. The molecule has 168 valence electrons. The maximum absolute atomic E-state index is 12.5. The number of methoxy groups -OCH3 is 1. The number of nitrogens with one attached hydrogen (secondary N) is 2. The van der Waals surface area contributed by atoms with E-state index in [1.54, 1.807) is 24.4 Å². The molecule has 0 aromatic carbocycles. The summed E-state index contributed by atoms with van der Waals surface area (Å²) >= 11 is 0. The van der Waals surface area contributed by atoms with Gasteiger partial charge in [0.1, 0.15) is 0 Å². The predicted molar refractivity (Wildman–Crippen MR) is 113 cm³/mol. The van der Waals surface area contributed by atoms with Crippen molar-refractivity contribution in [2.24, 2.45) is 0 Å². The fraction of sp³-hybridized carbons (Fsp3) is 0.571. The summed E-state index contributed by atoms with van der Waals surface area (Å²) in [6.07, 6.45) is 6.65. The molecule has 3 heterocycles. The lowest BCUT2D eigenvalue weighted by atomic mass is 9.99. The second kappa shape index (κ2) is 12.0. The largest absolute Gasteiger partial charge is 0.385 e. The molecule has 2 N–H and O–H groups in total. The second-order valence-corrected chi connectivity index (χ2v) is 7.49. The first-order valence-corrected chi connectivity index (χ1v) is 10.7. The van der Waals surface area contributed by atoms with Crippen molar-refractivity contribution in [2.45, 2.75) is 38.0 Å². The van der Waals surface area contributed by atoms with Crippen LogP contribution in [0.15, 0.2) is 29.0 Å². The Kier molecular flexibility index (Phi) is 8.77.